The Morgan fingerprint density at radius 1 is 1.17 bits per heavy atom. The summed E-state index contributed by atoms with van der Waals surface area (Å²) in [6, 6.07) is 10.5. The third-order valence-corrected chi connectivity index (χ3v) is 9.68. The molecule has 1 aliphatic heterocycles. The van der Waals surface area contributed by atoms with Gasteiger partial charge in [0.1, 0.15) is 6.61 Å². The van der Waals surface area contributed by atoms with Gasteiger partial charge in [-0.1, -0.05) is 69.4 Å². The molecule has 1 aromatic carbocycles. The molecule has 0 aliphatic carbocycles. The third kappa shape index (κ3) is 3.49. The number of carbonyl (C=O) groups excluding carboxylic acids is 2. The predicted octanol–water partition coefficient (Wildman–Crippen LogP) is 3.24. The lowest BCUT2D eigenvalue weighted by molar-refractivity contribution is -0.131. The molecule has 2 rings (SSSR count). The summed E-state index contributed by atoms with van der Waals surface area (Å²) in [7, 11) is -1.87. The number of rotatable bonds is 5. The smallest absolute Gasteiger partial charge is 0.416 e. The molecule has 1 saturated heterocycles. The summed E-state index contributed by atoms with van der Waals surface area (Å²) >= 11 is 0. The average molecular weight is 334 g/mol. The number of nitrogens with zero attached hydrogens (tertiary/aromatic N) is 1. The number of benzene rings is 1. The van der Waals surface area contributed by atoms with E-state index < -0.39 is 14.2 Å². The predicted molar refractivity (Wildman–Crippen MR) is 94.4 cm³/mol. The van der Waals surface area contributed by atoms with Crippen LogP contribution in [-0.4, -0.2) is 38.1 Å². The van der Waals surface area contributed by atoms with Crippen molar-refractivity contribution in [3.63, 3.8) is 0 Å². The number of carbonyl (C=O) groups is 2. The number of amides is 2. The molecule has 0 unspecified atom stereocenters. The zero-order valence-electron chi connectivity index (χ0n) is 14.7. The first-order valence-corrected chi connectivity index (χ1v) is 11.4. The molecule has 0 bridgehead atoms. The molecule has 0 N–H and O–H groups in total. The van der Waals surface area contributed by atoms with E-state index in [1.54, 1.807) is 0 Å². The van der Waals surface area contributed by atoms with Crippen LogP contribution in [0.3, 0.4) is 0 Å². The van der Waals surface area contributed by atoms with Gasteiger partial charge in [0.2, 0.25) is 5.91 Å². The van der Waals surface area contributed by atoms with Crippen LogP contribution in [0, 0.1) is 11.8 Å². The molecule has 1 heterocycles. The maximum Gasteiger partial charge on any atom is 0.416 e. The molecule has 0 spiro atoms. The van der Waals surface area contributed by atoms with Crippen molar-refractivity contribution in [3.05, 3.63) is 30.3 Å². The summed E-state index contributed by atoms with van der Waals surface area (Å²) in [5.41, 5.74) is 0.255. The van der Waals surface area contributed by atoms with Gasteiger partial charge in [-0.3, -0.25) is 4.79 Å². The maximum atomic E-state index is 12.8. The molecular weight excluding hydrogens is 306 g/mol. The third-order valence-electron chi connectivity index (χ3n) is 5.02. The van der Waals surface area contributed by atoms with Crippen LogP contribution in [0.4, 0.5) is 4.79 Å². The molecule has 0 radical (unpaired) electrons. The maximum absolute atomic E-state index is 12.8. The monoisotopic (exact) mass is 333 g/mol. The van der Waals surface area contributed by atoms with Gasteiger partial charge in [0.25, 0.3) is 0 Å². The number of cyclic esters (lactones) is 1. The van der Waals surface area contributed by atoms with Gasteiger partial charge < -0.3 is 4.74 Å². The summed E-state index contributed by atoms with van der Waals surface area (Å²) in [4.78, 5) is 25.8. The lowest BCUT2D eigenvalue weighted by Crippen LogP contribution is -2.52. The van der Waals surface area contributed by atoms with Gasteiger partial charge >= 0.3 is 6.09 Å². The molecule has 4 nitrogen and oxygen atoms in total. The number of hydrogen-bond acceptors (Lipinski definition) is 3. The molecule has 1 aliphatic rings. The van der Waals surface area contributed by atoms with Gasteiger partial charge in [0, 0.05) is 5.92 Å². The van der Waals surface area contributed by atoms with E-state index in [1.807, 2.05) is 13.0 Å². The van der Waals surface area contributed by atoms with Gasteiger partial charge in [-0.15, -0.1) is 0 Å². The molecule has 0 aromatic heterocycles. The Morgan fingerprint density at radius 3 is 2.26 bits per heavy atom. The molecule has 2 amide bonds. The van der Waals surface area contributed by atoms with E-state index in [0.717, 1.165) is 0 Å². The second-order valence-electron chi connectivity index (χ2n) is 7.25. The Labute approximate surface area is 139 Å². The Balaban J connectivity index is 2.30. The fourth-order valence-corrected chi connectivity index (χ4v) is 8.58. The molecule has 2 atom stereocenters. The SMILES string of the molecule is CC(C)[C@H]([C@H](C)C(=O)N1CCOC1=O)[Si](C)(C)c1ccccc1. The summed E-state index contributed by atoms with van der Waals surface area (Å²) in [5, 5.41) is 1.35. The van der Waals surface area contributed by atoms with Crippen LogP contribution in [0.5, 0.6) is 0 Å². The van der Waals surface area contributed by atoms with E-state index in [4.69, 9.17) is 4.74 Å². The fourth-order valence-electron chi connectivity index (χ4n) is 4.09. The van der Waals surface area contributed by atoms with Crippen molar-refractivity contribution in [2.24, 2.45) is 11.8 Å². The lowest BCUT2D eigenvalue weighted by atomic mass is 9.96. The minimum absolute atomic E-state index is 0.0947. The van der Waals surface area contributed by atoms with Crippen molar-refractivity contribution < 1.29 is 14.3 Å². The molecule has 23 heavy (non-hydrogen) atoms. The Bertz CT molecular complexity index is 571. The van der Waals surface area contributed by atoms with E-state index >= 15 is 0 Å². The zero-order valence-corrected chi connectivity index (χ0v) is 15.7. The Morgan fingerprint density at radius 2 is 1.78 bits per heavy atom. The standard InChI is InChI=1S/C18H27NO3Si/c1-13(2)16(23(4,5)15-9-7-6-8-10-15)14(3)17(20)19-11-12-22-18(19)21/h6-10,13-14,16H,11-12H2,1-5H3/t14-,16+/m0/s1. The average Bonchev–Trinajstić information content (AvgIpc) is 2.92. The second-order valence-corrected chi connectivity index (χ2v) is 11.9. The topological polar surface area (TPSA) is 46.6 Å². The Hall–Kier alpha value is -1.62. The largest absolute Gasteiger partial charge is 0.447 e. The first-order chi connectivity index (χ1) is 10.8. The van der Waals surface area contributed by atoms with Crippen molar-refractivity contribution >= 4 is 25.3 Å². The van der Waals surface area contributed by atoms with Crippen molar-refractivity contribution in [1.82, 2.24) is 4.90 Å². The van der Waals surface area contributed by atoms with Crippen LogP contribution >= 0.6 is 0 Å². The van der Waals surface area contributed by atoms with Gasteiger partial charge in [-0.05, 0) is 11.5 Å². The van der Waals surface area contributed by atoms with Crippen LogP contribution in [0.25, 0.3) is 0 Å². The molecule has 5 heteroatoms. The van der Waals surface area contributed by atoms with E-state index in [-0.39, 0.29) is 17.4 Å². The fraction of sp³-hybridized carbons (Fsp3) is 0.556. The normalized spacial score (nSPS) is 18.0. The number of imide groups is 1. The van der Waals surface area contributed by atoms with Crippen LogP contribution < -0.4 is 5.19 Å². The van der Waals surface area contributed by atoms with E-state index in [2.05, 4.69) is 51.2 Å². The van der Waals surface area contributed by atoms with Crippen molar-refractivity contribution in [2.75, 3.05) is 13.2 Å². The molecule has 0 saturated carbocycles. The van der Waals surface area contributed by atoms with Gasteiger partial charge in [-0.2, -0.15) is 0 Å². The lowest BCUT2D eigenvalue weighted by Gasteiger charge is -2.40. The van der Waals surface area contributed by atoms with Crippen molar-refractivity contribution in [3.8, 4) is 0 Å². The summed E-state index contributed by atoms with van der Waals surface area (Å²) in [6.07, 6.45) is -0.497. The quantitative estimate of drug-likeness (QED) is 0.777. The highest BCUT2D eigenvalue weighted by Gasteiger charge is 2.44. The Kier molecular flexibility index (Phi) is 5.29. The molecule has 1 fully saturated rings. The highest BCUT2D eigenvalue weighted by molar-refractivity contribution is 6.91. The number of ether oxygens (including phenoxy) is 1. The first-order valence-electron chi connectivity index (χ1n) is 8.30. The summed E-state index contributed by atoms with van der Waals surface area (Å²) < 4.78 is 4.92. The minimum Gasteiger partial charge on any atom is -0.447 e. The van der Waals surface area contributed by atoms with Crippen LogP contribution in [0.2, 0.25) is 18.6 Å². The summed E-state index contributed by atoms with van der Waals surface area (Å²) in [6.45, 7) is 11.6. The van der Waals surface area contributed by atoms with Gasteiger partial charge in [0.05, 0.1) is 14.6 Å². The van der Waals surface area contributed by atoms with E-state index in [0.29, 0.717) is 19.1 Å². The van der Waals surface area contributed by atoms with Crippen molar-refractivity contribution in [2.45, 2.75) is 39.4 Å². The summed E-state index contributed by atoms with van der Waals surface area (Å²) in [5.74, 6) is 0.0830. The van der Waals surface area contributed by atoms with Gasteiger partial charge in [-0.25, -0.2) is 9.69 Å². The van der Waals surface area contributed by atoms with Crippen LogP contribution in [-0.2, 0) is 9.53 Å². The van der Waals surface area contributed by atoms with Crippen LogP contribution in [0.1, 0.15) is 20.8 Å². The van der Waals surface area contributed by atoms with E-state index in [9.17, 15) is 9.59 Å². The second kappa shape index (κ2) is 6.87. The number of hydrogen-bond donors (Lipinski definition) is 0. The van der Waals surface area contributed by atoms with Gasteiger partial charge in [0.15, 0.2) is 0 Å². The van der Waals surface area contributed by atoms with Crippen molar-refractivity contribution in [1.29, 1.82) is 0 Å². The minimum atomic E-state index is -1.87. The first kappa shape index (κ1) is 17.7. The van der Waals surface area contributed by atoms with E-state index in [1.165, 1.54) is 10.1 Å². The molecular formula is C18H27NO3Si. The van der Waals surface area contributed by atoms with Crippen LogP contribution in [0.15, 0.2) is 30.3 Å². The molecule has 1 aromatic rings. The highest BCUT2D eigenvalue weighted by Crippen LogP contribution is 2.38. The zero-order chi connectivity index (χ0) is 17.2. The molecule has 126 valence electrons. The highest BCUT2D eigenvalue weighted by atomic mass is 28.3.